The molecule has 1 heterocycles. The van der Waals surface area contributed by atoms with Crippen molar-refractivity contribution >= 4 is 5.97 Å². The molecule has 1 saturated heterocycles. The molecular weight excluding hydrogens is 304 g/mol. The highest BCUT2D eigenvalue weighted by atomic mass is 16.7. The Hall–Kier alpha value is -0.730. The summed E-state index contributed by atoms with van der Waals surface area (Å²) in [5.74, 6) is -0.984. The van der Waals surface area contributed by atoms with E-state index in [1.807, 2.05) is 0 Å². The Morgan fingerprint density at radius 1 is 1.09 bits per heavy atom. The van der Waals surface area contributed by atoms with Crippen LogP contribution in [-0.4, -0.2) is 63.2 Å². The van der Waals surface area contributed by atoms with E-state index in [9.17, 15) is 20.1 Å². The second-order valence-electron chi connectivity index (χ2n) is 6.24. The zero-order chi connectivity index (χ0) is 17.4. The summed E-state index contributed by atoms with van der Waals surface area (Å²) in [6.07, 6.45) is -0.829. The van der Waals surface area contributed by atoms with Gasteiger partial charge in [-0.2, -0.15) is 0 Å². The predicted octanol–water partition coefficient (Wildman–Crippen LogP) is 1.03. The minimum atomic E-state index is -1.41. The molecule has 1 rings (SSSR count). The van der Waals surface area contributed by atoms with Crippen molar-refractivity contribution in [3.05, 3.63) is 0 Å². The van der Waals surface area contributed by atoms with Gasteiger partial charge in [0.05, 0.1) is 18.6 Å². The van der Waals surface area contributed by atoms with Crippen molar-refractivity contribution in [2.75, 3.05) is 0 Å². The number of ether oxygens (including phenoxy) is 2. The minimum Gasteiger partial charge on any atom is -0.481 e. The van der Waals surface area contributed by atoms with Gasteiger partial charge in [-0.25, -0.2) is 0 Å². The molecule has 0 aromatic heterocycles. The molecule has 0 radical (unpaired) electrons. The average molecular weight is 334 g/mol. The van der Waals surface area contributed by atoms with Crippen molar-refractivity contribution in [2.24, 2.45) is 0 Å². The third kappa shape index (κ3) is 6.73. The number of carboxylic acids is 1. The lowest BCUT2D eigenvalue weighted by Crippen LogP contribution is -2.58. The van der Waals surface area contributed by atoms with Crippen molar-refractivity contribution in [3.8, 4) is 0 Å². The van der Waals surface area contributed by atoms with Crippen molar-refractivity contribution in [1.29, 1.82) is 0 Å². The number of aliphatic carboxylic acids is 1. The summed E-state index contributed by atoms with van der Waals surface area (Å²) in [6.45, 7) is 3.69. The molecule has 7 nitrogen and oxygen atoms in total. The van der Waals surface area contributed by atoms with Crippen LogP contribution in [0.4, 0.5) is 0 Å². The Labute approximate surface area is 137 Å². The Morgan fingerprint density at radius 3 is 2.35 bits per heavy atom. The van der Waals surface area contributed by atoms with Crippen LogP contribution in [0.5, 0.6) is 0 Å². The number of aliphatic hydroxyl groups excluding tert-OH is 3. The van der Waals surface area contributed by atoms with E-state index >= 15 is 0 Å². The number of hydrogen-bond acceptors (Lipinski definition) is 6. The van der Waals surface area contributed by atoms with E-state index in [1.165, 1.54) is 0 Å². The monoisotopic (exact) mass is 334 g/mol. The van der Waals surface area contributed by atoms with Gasteiger partial charge in [0.2, 0.25) is 0 Å². The number of carboxylic acid groups (broad SMARTS) is 1. The highest BCUT2D eigenvalue weighted by Crippen LogP contribution is 2.24. The first-order valence-corrected chi connectivity index (χ1v) is 8.43. The molecule has 0 bridgehead atoms. The van der Waals surface area contributed by atoms with Crippen LogP contribution in [0.2, 0.25) is 0 Å². The van der Waals surface area contributed by atoms with E-state index in [0.29, 0.717) is 6.42 Å². The van der Waals surface area contributed by atoms with Crippen LogP contribution in [0.1, 0.15) is 58.8 Å². The Morgan fingerprint density at radius 2 is 1.74 bits per heavy atom. The smallest absolute Gasteiger partial charge is 0.305 e. The molecule has 0 amide bonds. The van der Waals surface area contributed by atoms with E-state index in [1.54, 1.807) is 6.92 Å². The minimum absolute atomic E-state index is 0.187. The number of unbranched alkanes of at least 4 members (excludes halogenated alkanes) is 4. The third-order valence-corrected chi connectivity index (χ3v) is 4.17. The van der Waals surface area contributed by atoms with E-state index in [-0.39, 0.29) is 6.42 Å². The lowest BCUT2D eigenvalue weighted by Gasteiger charge is -2.40. The maximum atomic E-state index is 11.0. The second kappa shape index (κ2) is 10.2. The second-order valence-corrected chi connectivity index (χ2v) is 6.24. The summed E-state index contributed by atoms with van der Waals surface area (Å²) in [4.78, 5) is 11.0. The molecular formula is C16H30O7. The van der Waals surface area contributed by atoms with Crippen LogP contribution in [0.15, 0.2) is 0 Å². The zero-order valence-electron chi connectivity index (χ0n) is 13.9. The SMILES string of the molecule is CCCCCCC[C@@H](CC(=O)O)O[C@@H]1OC(C)[C@H](O)[C@H](O)C1O. The Balaban J connectivity index is 2.52. The van der Waals surface area contributed by atoms with Crippen LogP contribution in [-0.2, 0) is 14.3 Å². The first-order valence-electron chi connectivity index (χ1n) is 8.43. The fourth-order valence-corrected chi connectivity index (χ4v) is 2.70. The lowest BCUT2D eigenvalue weighted by atomic mass is 9.99. The van der Waals surface area contributed by atoms with Crippen molar-refractivity contribution in [1.82, 2.24) is 0 Å². The van der Waals surface area contributed by atoms with Gasteiger partial charge < -0.3 is 29.9 Å². The van der Waals surface area contributed by atoms with Crippen molar-refractivity contribution < 1.29 is 34.7 Å². The fraction of sp³-hybridized carbons (Fsp3) is 0.938. The molecule has 23 heavy (non-hydrogen) atoms. The van der Waals surface area contributed by atoms with Crippen molar-refractivity contribution in [2.45, 2.75) is 95.6 Å². The van der Waals surface area contributed by atoms with Gasteiger partial charge in [-0.1, -0.05) is 39.0 Å². The van der Waals surface area contributed by atoms with Crippen molar-refractivity contribution in [3.63, 3.8) is 0 Å². The van der Waals surface area contributed by atoms with Gasteiger partial charge >= 0.3 is 5.97 Å². The summed E-state index contributed by atoms with van der Waals surface area (Å²) in [5, 5.41) is 38.4. The van der Waals surface area contributed by atoms with Gasteiger partial charge in [0.25, 0.3) is 0 Å². The van der Waals surface area contributed by atoms with Crippen LogP contribution in [0.3, 0.4) is 0 Å². The zero-order valence-corrected chi connectivity index (χ0v) is 13.9. The Kier molecular flexibility index (Phi) is 9.01. The van der Waals surface area contributed by atoms with E-state index in [0.717, 1.165) is 32.1 Å². The summed E-state index contributed by atoms with van der Waals surface area (Å²) in [5.41, 5.74) is 0. The van der Waals surface area contributed by atoms with Gasteiger partial charge in [-0.15, -0.1) is 0 Å². The Bertz CT molecular complexity index is 349. The summed E-state index contributed by atoms with van der Waals surface area (Å²) < 4.78 is 10.9. The van der Waals surface area contributed by atoms with Gasteiger partial charge in [-0.3, -0.25) is 4.79 Å². The molecule has 0 aromatic rings. The molecule has 2 unspecified atom stereocenters. The molecule has 6 atom stereocenters. The summed E-state index contributed by atoms with van der Waals surface area (Å²) in [7, 11) is 0. The predicted molar refractivity (Wildman–Crippen MR) is 82.9 cm³/mol. The normalized spacial score (nSPS) is 32.7. The molecule has 1 aliphatic heterocycles. The largest absolute Gasteiger partial charge is 0.481 e. The molecule has 0 aromatic carbocycles. The molecule has 0 saturated carbocycles. The number of aliphatic hydroxyl groups is 3. The fourth-order valence-electron chi connectivity index (χ4n) is 2.70. The topological polar surface area (TPSA) is 116 Å². The third-order valence-electron chi connectivity index (χ3n) is 4.17. The van der Waals surface area contributed by atoms with Gasteiger partial charge in [0, 0.05) is 0 Å². The quantitative estimate of drug-likeness (QED) is 0.441. The lowest BCUT2D eigenvalue weighted by molar-refractivity contribution is -0.304. The van der Waals surface area contributed by atoms with Crippen LogP contribution < -0.4 is 0 Å². The molecule has 7 heteroatoms. The maximum absolute atomic E-state index is 11.0. The molecule has 1 fully saturated rings. The van der Waals surface area contributed by atoms with Crippen LogP contribution >= 0.6 is 0 Å². The number of hydrogen-bond donors (Lipinski definition) is 4. The van der Waals surface area contributed by atoms with Crippen LogP contribution in [0, 0.1) is 0 Å². The first-order chi connectivity index (χ1) is 10.9. The summed E-state index contributed by atoms with van der Waals surface area (Å²) >= 11 is 0. The highest BCUT2D eigenvalue weighted by Gasteiger charge is 2.43. The molecule has 136 valence electrons. The molecule has 0 spiro atoms. The average Bonchev–Trinajstić information content (AvgIpc) is 2.49. The maximum Gasteiger partial charge on any atom is 0.305 e. The molecule has 4 N–H and O–H groups in total. The molecule has 0 aliphatic carbocycles. The van der Waals surface area contributed by atoms with Gasteiger partial charge in [0.1, 0.15) is 18.3 Å². The highest BCUT2D eigenvalue weighted by molar-refractivity contribution is 5.67. The van der Waals surface area contributed by atoms with Crippen LogP contribution in [0.25, 0.3) is 0 Å². The van der Waals surface area contributed by atoms with E-state index in [2.05, 4.69) is 6.92 Å². The molecule has 1 aliphatic rings. The first kappa shape index (κ1) is 20.3. The van der Waals surface area contributed by atoms with E-state index in [4.69, 9.17) is 14.6 Å². The van der Waals surface area contributed by atoms with Gasteiger partial charge in [0.15, 0.2) is 6.29 Å². The number of rotatable bonds is 10. The number of carbonyl (C=O) groups is 1. The summed E-state index contributed by atoms with van der Waals surface area (Å²) in [6, 6.07) is 0. The van der Waals surface area contributed by atoms with Gasteiger partial charge in [-0.05, 0) is 13.3 Å². The van der Waals surface area contributed by atoms with E-state index < -0.39 is 42.8 Å². The standard InChI is InChI=1S/C16H30O7/c1-3-4-5-6-7-8-11(9-12(17)18)23-16-15(21)14(20)13(19)10(2)22-16/h10-11,13-16,19-21H,3-9H2,1-2H3,(H,17,18)/t10?,11-,13-,14-,15?,16-/m0/s1.